The van der Waals surface area contributed by atoms with Crippen molar-refractivity contribution in [1.29, 1.82) is 0 Å². The van der Waals surface area contributed by atoms with E-state index in [9.17, 15) is 4.79 Å². The summed E-state index contributed by atoms with van der Waals surface area (Å²) in [5.74, 6) is 0.325. The number of hydrogen-bond donors (Lipinski definition) is 1. The van der Waals surface area contributed by atoms with Gasteiger partial charge in [0.25, 0.3) is 0 Å². The number of benzene rings is 1. The highest BCUT2D eigenvalue weighted by Crippen LogP contribution is 2.33. The SMILES string of the molecule is COc1cc(CC(=O)O)cc(I)c1OC. The minimum absolute atomic E-state index is 0.0175. The summed E-state index contributed by atoms with van der Waals surface area (Å²) in [5, 5.41) is 8.67. The first-order chi connectivity index (χ1) is 7.08. The number of methoxy groups -OCH3 is 2. The number of carbonyl (C=O) groups is 1. The van der Waals surface area contributed by atoms with Crippen molar-refractivity contribution in [1.82, 2.24) is 0 Å². The third-order valence-corrected chi connectivity index (χ3v) is 2.65. The number of halogens is 1. The molecule has 1 N–H and O–H groups in total. The Bertz CT molecular complexity index is 376. The molecule has 0 aliphatic heterocycles. The second-order valence-corrected chi connectivity index (χ2v) is 4.05. The van der Waals surface area contributed by atoms with Crippen molar-refractivity contribution in [3.63, 3.8) is 0 Å². The Morgan fingerprint density at radius 2 is 2.07 bits per heavy atom. The molecular weight excluding hydrogens is 311 g/mol. The number of carboxylic acid groups (broad SMARTS) is 1. The zero-order valence-corrected chi connectivity index (χ0v) is 10.6. The Morgan fingerprint density at radius 3 is 2.53 bits per heavy atom. The van der Waals surface area contributed by atoms with Crippen molar-refractivity contribution in [2.24, 2.45) is 0 Å². The lowest BCUT2D eigenvalue weighted by atomic mass is 10.1. The minimum atomic E-state index is -0.863. The number of hydrogen-bond acceptors (Lipinski definition) is 3. The van der Waals surface area contributed by atoms with Crippen molar-refractivity contribution < 1.29 is 19.4 Å². The van der Waals surface area contributed by atoms with Gasteiger partial charge in [-0.2, -0.15) is 0 Å². The predicted molar refractivity (Wildman–Crippen MR) is 63.6 cm³/mol. The number of aliphatic carboxylic acids is 1. The molecule has 1 aromatic carbocycles. The monoisotopic (exact) mass is 322 g/mol. The van der Waals surface area contributed by atoms with E-state index < -0.39 is 5.97 Å². The van der Waals surface area contributed by atoms with Crippen LogP contribution in [0.15, 0.2) is 12.1 Å². The van der Waals surface area contributed by atoms with Crippen molar-refractivity contribution in [2.45, 2.75) is 6.42 Å². The molecule has 0 atom stereocenters. The maximum atomic E-state index is 10.6. The standard InChI is InChI=1S/C10H11IO4/c1-14-8-4-6(5-9(12)13)3-7(11)10(8)15-2/h3-4H,5H2,1-2H3,(H,12,13). The fourth-order valence-electron chi connectivity index (χ4n) is 1.25. The van der Waals surface area contributed by atoms with Crippen molar-refractivity contribution in [2.75, 3.05) is 14.2 Å². The van der Waals surface area contributed by atoms with Gasteiger partial charge in [-0.25, -0.2) is 0 Å². The van der Waals surface area contributed by atoms with Crippen LogP contribution in [0, 0.1) is 3.57 Å². The molecule has 0 aromatic heterocycles. The molecular formula is C10H11IO4. The first-order valence-electron chi connectivity index (χ1n) is 4.20. The van der Waals surface area contributed by atoms with Crippen molar-refractivity contribution >= 4 is 28.6 Å². The largest absolute Gasteiger partial charge is 0.493 e. The highest BCUT2D eigenvalue weighted by molar-refractivity contribution is 14.1. The van der Waals surface area contributed by atoms with Crippen LogP contribution in [0.4, 0.5) is 0 Å². The fourth-order valence-corrected chi connectivity index (χ4v) is 2.13. The molecule has 0 aliphatic carbocycles. The van der Waals surface area contributed by atoms with E-state index in [4.69, 9.17) is 14.6 Å². The van der Waals surface area contributed by atoms with Gasteiger partial charge in [0.05, 0.1) is 24.2 Å². The quantitative estimate of drug-likeness (QED) is 0.861. The fraction of sp³-hybridized carbons (Fsp3) is 0.300. The highest BCUT2D eigenvalue weighted by Gasteiger charge is 2.11. The van der Waals surface area contributed by atoms with Crippen LogP contribution >= 0.6 is 22.6 Å². The van der Waals surface area contributed by atoms with E-state index in [1.165, 1.54) is 7.11 Å². The van der Waals surface area contributed by atoms with Gasteiger partial charge in [-0.15, -0.1) is 0 Å². The van der Waals surface area contributed by atoms with Gasteiger partial charge in [-0.05, 0) is 40.3 Å². The predicted octanol–water partition coefficient (Wildman–Crippen LogP) is 1.94. The van der Waals surface area contributed by atoms with Crippen LogP contribution in [0.3, 0.4) is 0 Å². The summed E-state index contributed by atoms with van der Waals surface area (Å²) in [6, 6.07) is 3.45. The normalized spacial score (nSPS) is 9.80. The number of ether oxygens (including phenoxy) is 2. The van der Waals surface area contributed by atoms with Crippen LogP contribution in [-0.4, -0.2) is 25.3 Å². The van der Waals surface area contributed by atoms with Crippen LogP contribution in [0.5, 0.6) is 11.5 Å². The second-order valence-electron chi connectivity index (χ2n) is 2.88. The average molecular weight is 322 g/mol. The topological polar surface area (TPSA) is 55.8 Å². The Labute approximate surface area is 101 Å². The molecule has 0 radical (unpaired) electrons. The Balaban J connectivity index is 3.13. The third-order valence-electron chi connectivity index (χ3n) is 1.85. The molecule has 0 saturated carbocycles. The van der Waals surface area contributed by atoms with Crippen LogP contribution in [0.1, 0.15) is 5.56 Å². The first kappa shape index (κ1) is 12.1. The summed E-state index contributed by atoms with van der Waals surface area (Å²) in [6.45, 7) is 0. The van der Waals surface area contributed by atoms with Gasteiger partial charge in [0.1, 0.15) is 0 Å². The zero-order chi connectivity index (χ0) is 11.4. The maximum Gasteiger partial charge on any atom is 0.307 e. The molecule has 1 aromatic rings. The first-order valence-corrected chi connectivity index (χ1v) is 5.28. The van der Waals surface area contributed by atoms with E-state index in [0.29, 0.717) is 17.1 Å². The lowest BCUT2D eigenvalue weighted by Crippen LogP contribution is -2.02. The molecule has 0 fully saturated rings. The molecule has 15 heavy (non-hydrogen) atoms. The molecule has 82 valence electrons. The molecule has 0 bridgehead atoms. The van der Waals surface area contributed by atoms with E-state index in [1.807, 2.05) is 0 Å². The molecule has 0 aliphatic rings. The Kier molecular flexibility index (Phi) is 4.19. The summed E-state index contributed by atoms with van der Waals surface area (Å²) >= 11 is 2.08. The Morgan fingerprint density at radius 1 is 1.40 bits per heavy atom. The molecule has 1 rings (SSSR count). The van der Waals surface area contributed by atoms with Gasteiger partial charge < -0.3 is 14.6 Å². The van der Waals surface area contributed by atoms with Crippen LogP contribution in [0.25, 0.3) is 0 Å². The highest BCUT2D eigenvalue weighted by atomic mass is 127. The van der Waals surface area contributed by atoms with E-state index in [2.05, 4.69) is 22.6 Å². The van der Waals surface area contributed by atoms with Gasteiger partial charge in [0, 0.05) is 0 Å². The molecule has 0 amide bonds. The lowest BCUT2D eigenvalue weighted by molar-refractivity contribution is -0.136. The zero-order valence-electron chi connectivity index (χ0n) is 8.41. The number of carboxylic acids is 1. The summed E-state index contributed by atoms with van der Waals surface area (Å²) in [6.07, 6.45) is -0.0175. The van der Waals surface area contributed by atoms with Crippen LogP contribution in [0.2, 0.25) is 0 Å². The van der Waals surface area contributed by atoms with Crippen molar-refractivity contribution in [3.05, 3.63) is 21.3 Å². The van der Waals surface area contributed by atoms with Gasteiger partial charge in [-0.3, -0.25) is 4.79 Å². The summed E-state index contributed by atoms with van der Waals surface area (Å²) in [7, 11) is 3.08. The summed E-state index contributed by atoms with van der Waals surface area (Å²) < 4.78 is 11.1. The number of rotatable bonds is 4. The van der Waals surface area contributed by atoms with E-state index in [-0.39, 0.29) is 6.42 Å². The summed E-state index contributed by atoms with van der Waals surface area (Å²) in [5.41, 5.74) is 0.699. The molecule has 5 heteroatoms. The molecule has 0 heterocycles. The molecule has 0 saturated heterocycles. The van der Waals surface area contributed by atoms with Crippen LogP contribution < -0.4 is 9.47 Å². The summed E-state index contributed by atoms with van der Waals surface area (Å²) in [4.78, 5) is 10.6. The van der Waals surface area contributed by atoms with Gasteiger partial charge in [-0.1, -0.05) is 0 Å². The van der Waals surface area contributed by atoms with E-state index in [0.717, 1.165) is 3.57 Å². The smallest absolute Gasteiger partial charge is 0.307 e. The van der Waals surface area contributed by atoms with Gasteiger partial charge in [0.15, 0.2) is 11.5 Å². The minimum Gasteiger partial charge on any atom is -0.493 e. The molecule has 0 spiro atoms. The average Bonchev–Trinajstić information content (AvgIpc) is 2.15. The van der Waals surface area contributed by atoms with E-state index >= 15 is 0 Å². The molecule has 0 unspecified atom stereocenters. The lowest BCUT2D eigenvalue weighted by Gasteiger charge is -2.11. The van der Waals surface area contributed by atoms with Gasteiger partial charge >= 0.3 is 5.97 Å². The van der Waals surface area contributed by atoms with Gasteiger partial charge in [0.2, 0.25) is 0 Å². The Hall–Kier alpha value is -0.980. The second kappa shape index (κ2) is 5.20. The van der Waals surface area contributed by atoms with Crippen LogP contribution in [-0.2, 0) is 11.2 Å². The van der Waals surface area contributed by atoms with Crippen molar-refractivity contribution in [3.8, 4) is 11.5 Å². The molecule has 4 nitrogen and oxygen atoms in total. The third kappa shape index (κ3) is 2.98. The van der Waals surface area contributed by atoms with E-state index in [1.54, 1.807) is 19.2 Å². The maximum absolute atomic E-state index is 10.6.